The minimum Gasteiger partial charge on any atom is -0.449 e. The molecule has 0 heterocycles. The molecule has 0 saturated heterocycles. The third-order valence-electron chi connectivity index (χ3n) is 2.95. The number of carbonyl (C=O) groups excluding carboxylic acids is 3. The first-order chi connectivity index (χ1) is 11.6. The van der Waals surface area contributed by atoms with Gasteiger partial charge in [0.2, 0.25) is 0 Å². The average molecular weight is 350 g/mol. The molecule has 0 radical (unpaired) electrons. The van der Waals surface area contributed by atoms with Gasteiger partial charge in [0.1, 0.15) is 5.60 Å². The second-order valence-corrected chi connectivity index (χ2v) is 6.55. The van der Waals surface area contributed by atoms with E-state index in [0.29, 0.717) is 12.2 Å². The minimum absolute atomic E-state index is 0.226. The van der Waals surface area contributed by atoms with Gasteiger partial charge in [-0.15, -0.1) is 0 Å². The molecule has 138 valence electrons. The first kappa shape index (κ1) is 20.5. The maximum Gasteiger partial charge on any atom is 0.412 e. The molecule has 1 aromatic rings. The fourth-order valence-electron chi connectivity index (χ4n) is 1.82. The van der Waals surface area contributed by atoms with Crippen molar-refractivity contribution in [3.05, 3.63) is 29.8 Å². The zero-order valence-corrected chi connectivity index (χ0v) is 15.3. The van der Waals surface area contributed by atoms with E-state index in [2.05, 4.69) is 10.6 Å². The molecule has 2 amide bonds. The number of anilines is 1. The Morgan fingerprint density at radius 3 is 2.48 bits per heavy atom. The van der Waals surface area contributed by atoms with E-state index in [1.807, 2.05) is 6.92 Å². The molecule has 0 saturated carbocycles. The van der Waals surface area contributed by atoms with E-state index in [0.717, 1.165) is 6.42 Å². The lowest BCUT2D eigenvalue weighted by molar-refractivity contribution is -0.129. The van der Waals surface area contributed by atoms with Crippen molar-refractivity contribution >= 4 is 23.7 Å². The van der Waals surface area contributed by atoms with Crippen LogP contribution < -0.4 is 10.6 Å². The largest absolute Gasteiger partial charge is 0.449 e. The van der Waals surface area contributed by atoms with Crippen LogP contribution in [-0.2, 0) is 14.3 Å². The Hall–Kier alpha value is -2.57. The number of esters is 1. The van der Waals surface area contributed by atoms with Gasteiger partial charge in [0.15, 0.2) is 6.10 Å². The lowest BCUT2D eigenvalue weighted by Crippen LogP contribution is -2.36. The van der Waals surface area contributed by atoms with E-state index in [1.165, 1.54) is 13.0 Å². The van der Waals surface area contributed by atoms with E-state index < -0.39 is 23.8 Å². The van der Waals surface area contributed by atoms with Crippen LogP contribution in [0.3, 0.4) is 0 Å². The van der Waals surface area contributed by atoms with Crippen LogP contribution in [-0.4, -0.2) is 36.2 Å². The zero-order valence-electron chi connectivity index (χ0n) is 15.3. The normalized spacial score (nSPS) is 12.0. The summed E-state index contributed by atoms with van der Waals surface area (Å²) in [7, 11) is 0. The molecule has 0 fully saturated rings. The van der Waals surface area contributed by atoms with Crippen molar-refractivity contribution in [3.63, 3.8) is 0 Å². The molecule has 1 aromatic carbocycles. The van der Waals surface area contributed by atoms with Gasteiger partial charge in [0.05, 0.1) is 5.56 Å². The van der Waals surface area contributed by atoms with Gasteiger partial charge in [-0.2, -0.15) is 0 Å². The van der Waals surface area contributed by atoms with Crippen LogP contribution in [0.4, 0.5) is 10.5 Å². The van der Waals surface area contributed by atoms with E-state index in [-0.39, 0.29) is 11.5 Å². The Labute approximate surface area is 148 Å². The standard InChI is InChI=1S/C18H26N2O5/c1-6-10-19-15(21)12(2)24-16(22)13-8-7-9-14(11-13)20-17(23)25-18(3,4)5/h7-9,11-12H,6,10H2,1-5H3,(H,19,21)(H,20,23)/t12-/m0/s1. The summed E-state index contributed by atoms with van der Waals surface area (Å²) < 4.78 is 10.3. The third kappa shape index (κ3) is 7.69. The first-order valence-electron chi connectivity index (χ1n) is 8.21. The van der Waals surface area contributed by atoms with Crippen LogP contribution in [0.15, 0.2) is 24.3 Å². The summed E-state index contributed by atoms with van der Waals surface area (Å²) in [6.45, 7) is 9.23. The van der Waals surface area contributed by atoms with Crippen LogP contribution in [0.25, 0.3) is 0 Å². The zero-order chi connectivity index (χ0) is 19.0. The number of hydrogen-bond donors (Lipinski definition) is 2. The van der Waals surface area contributed by atoms with Gasteiger partial charge >= 0.3 is 12.1 Å². The van der Waals surface area contributed by atoms with Crippen LogP contribution >= 0.6 is 0 Å². The lowest BCUT2D eigenvalue weighted by atomic mass is 10.2. The van der Waals surface area contributed by atoms with Gasteiger partial charge in [-0.05, 0) is 52.3 Å². The van der Waals surface area contributed by atoms with Crippen molar-refractivity contribution in [2.45, 2.75) is 52.7 Å². The molecule has 0 aliphatic rings. The van der Waals surface area contributed by atoms with Crippen molar-refractivity contribution in [3.8, 4) is 0 Å². The summed E-state index contributed by atoms with van der Waals surface area (Å²) >= 11 is 0. The van der Waals surface area contributed by atoms with E-state index in [9.17, 15) is 14.4 Å². The first-order valence-corrected chi connectivity index (χ1v) is 8.21. The molecule has 1 atom stereocenters. The van der Waals surface area contributed by atoms with Crippen LogP contribution in [0, 0.1) is 0 Å². The molecule has 0 aromatic heterocycles. The van der Waals surface area contributed by atoms with Crippen molar-refractivity contribution < 1.29 is 23.9 Å². The number of benzene rings is 1. The summed E-state index contributed by atoms with van der Waals surface area (Å²) in [5, 5.41) is 5.21. The van der Waals surface area contributed by atoms with Crippen molar-refractivity contribution in [2.75, 3.05) is 11.9 Å². The van der Waals surface area contributed by atoms with Gasteiger partial charge in [0.25, 0.3) is 5.91 Å². The number of amides is 2. The van der Waals surface area contributed by atoms with Gasteiger partial charge in [-0.1, -0.05) is 13.0 Å². The quantitative estimate of drug-likeness (QED) is 0.769. The molecule has 25 heavy (non-hydrogen) atoms. The van der Waals surface area contributed by atoms with Crippen LogP contribution in [0.2, 0.25) is 0 Å². The van der Waals surface area contributed by atoms with E-state index in [1.54, 1.807) is 39.0 Å². The van der Waals surface area contributed by atoms with Crippen molar-refractivity contribution in [1.82, 2.24) is 5.32 Å². The predicted octanol–water partition coefficient (Wildman–Crippen LogP) is 3.11. The molecule has 0 unspecified atom stereocenters. The Morgan fingerprint density at radius 1 is 1.20 bits per heavy atom. The minimum atomic E-state index is -0.901. The summed E-state index contributed by atoms with van der Waals surface area (Å²) in [4.78, 5) is 35.7. The summed E-state index contributed by atoms with van der Waals surface area (Å²) in [5.41, 5.74) is -0.00229. The summed E-state index contributed by atoms with van der Waals surface area (Å²) in [6.07, 6.45) is -0.725. The van der Waals surface area contributed by atoms with Gasteiger partial charge in [-0.3, -0.25) is 10.1 Å². The molecule has 0 aliphatic heterocycles. The Morgan fingerprint density at radius 2 is 1.88 bits per heavy atom. The second kappa shape index (κ2) is 9.05. The number of rotatable bonds is 6. The smallest absolute Gasteiger partial charge is 0.412 e. The Balaban J connectivity index is 2.69. The second-order valence-electron chi connectivity index (χ2n) is 6.55. The maximum atomic E-state index is 12.2. The SMILES string of the molecule is CCCNC(=O)[C@H](C)OC(=O)c1cccc(NC(=O)OC(C)(C)C)c1. The fourth-order valence-corrected chi connectivity index (χ4v) is 1.82. The Kier molecular flexibility index (Phi) is 7.42. The fraction of sp³-hybridized carbons (Fsp3) is 0.500. The maximum absolute atomic E-state index is 12.2. The van der Waals surface area contributed by atoms with E-state index in [4.69, 9.17) is 9.47 Å². The van der Waals surface area contributed by atoms with Crippen molar-refractivity contribution in [2.24, 2.45) is 0 Å². The average Bonchev–Trinajstić information content (AvgIpc) is 2.50. The monoisotopic (exact) mass is 350 g/mol. The van der Waals surface area contributed by atoms with Gasteiger partial charge < -0.3 is 14.8 Å². The summed E-state index contributed by atoms with van der Waals surface area (Å²) in [5.74, 6) is -0.995. The highest BCUT2D eigenvalue weighted by Crippen LogP contribution is 2.15. The number of nitrogens with one attached hydrogen (secondary N) is 2. The number of ether oxygens (including phenoxy) is 2. The third-order valence-corrected chi connectivity index (χ3v) is 2.95. The molecular formula is C18H26N2O5. The highest BCUT2D eigenvalue weighted by atomic mass is 16.6. The summed E-state index contributed by atoms with van der Waals surface area (Å²) in [6, 6.07) is 6.23. The molecule has 0 bridgehead atoms. The van der Waals surface area contributed by atoms with E-state index >= 15 is 0 Å². The molecule has 2 N–H and O–H groups in total. The highest BCUT2D eigenvalue weighted by Gasteiger charge is 2.19. The molecule has 0 spiro atoms. The molecule has 7 nitrogen and oxygen atoms in total. The predicted molar refractivity (Wildman–Crippen MR) is 94.5 cm³/mol. The van der Waals surface area contributed by atoms with Crippen LogP contribution in [0.5, 0.6) is 0 Å². The molecular weight excluding hydrogens is 324 g/mol. The Bertz CT molecular complexity index is 622. The highest BCUT2D eigenvalue weighted by molar-refractivity contribution is 5.94. The molecule has 1 rings (SSSR count). The lowest BCUT2D eigenvalue weighted by Gasteiger charge is -2.19. The molecule has 0 aliphatic carbocycles. The number of hydrogen-bond acceptors (Lipinski definition) is 5. The molecule has 7 heteroatoms. The van der Waals surface area contributed by atoms with Gasteiger partial charge in [-0.25, -0.2) is 9.59 Å². The van der Waals surface area contributed by atoms with Crippen molar-refractivity contribution in [1.29, 1.82) is 0 Å². The van der Waals surface area contributed by atoms with Crippen LogP contribution in [0.1, 0.15) is 51.4 Å². The topological polar surface area (TPSA) is 93.7 Å². The van der Waals surface area contributed by atoms with Gasteiger partial charge in [0, 0.05) is 12.2 Å². The number of carbonyl (C=O) groups is 3.